The monoisotopic (exact) mass is 266 g/mol. The van der Waals surface area contributed by atoms with Crippen LogP contribution in [0.15, 0.2) is 54.6 Å². The van der Waals surface area contributed by atoms with E-state index in [2.05, 4.69) is 0 Å². The smallest absolute Gasteiger partial charge is 0.161 e. The summed E-state index contributed by atoms with van der Waals surface area (Å²) in [6, 6.07) is 16.5. The third-order valence-electron chi connectivity index (χ3n) is 3.34. The van der Waals surface area contributed by atoms with E-state index in [1.165, 1.54) is 7.11 Å². The van der Waals surface area contributed by atoms with Gasteiger partial charge in [-0.1, -0.05) is 24.3 Å². The van der Waals surface area contributed by atoms with E-state index in [0.717, 1.165) is 21.9 Å². The van der Waals surface area contributed by atoms with Gasteiger partial charge < -0.3 is 14.9 Å². The molecule has 100 valence electrons. The summed E-state index contributed by atoms with van der Waals surface area (Å²) in [5.74, 6) is 0.846. The molecule has 3 heteroatoms. The average Bonchev–Trinajstić information content (AvgIpc) is 2.47. The first-order valence-corrected chi connectivity index (χ1v) is 6.27. The topological polar surface area (TPSA) is 49.7 Å². The van der Waals surface area contributed by atoms with Gasteiger partial charge in [0, 0.05) is 0 Å². The number of hydrogen-bond donors (Lipinski definition) is 2. The summed E-state index contributed by atoms with van der Waals surface area (Å²) in [7, 11) is 1.53. The highest BCUT2D eigenvalue weighted by Gasteiger charge is 2.05. The number of phenols is 2. The van der Waals surface area contributed by atoms with Crippen molar-refractivity contribution < 1.29 is 14.9 Å². The quantitative estimate of drug-likeness (QED) is 0.739. The maximum absolute atomic E-state index is 9.77. The summed E-state index contributed by atoms with van der Waals surface area (Å²) >= 11 is 0. The molecule has 3 rings (SSSR count). The zero-order valence-corrected chi connectivity index (χ0v) is 11.0. The second-order valence-electron chi connectivity index (χ2n) is 4.63. The Balaban J connectivity index is 2.14. The van der Waals surface area contributed by atoms with Crippen molar-refractivity contribution in [2.45, 2.75) is 0 Å². The van der Waals surface area contributed by atoms with E-state index in [4.69, 9.17) is 4.74 Å². The van der Waals surface area contributed by atoms with Gasteiger partial charge in [-0.2, -0.15) is 0 Å². The molecule has 3 aromatic rings. The van der Waals surface area contributed by atoms with Gasteiger partial charge in [0.2, 0.25) is 0 Å². The minimum absolute atomic E-state index is 0.136. The Morgan fingerprint density at radius 3 is 2.15 bits per heavy atom. The fourth-order valence-corrected chi connectivity index (χ4v) is 2.26. The van der Waals surface area contributed by atoms with Crippen molar-refractivity contribution in [1.29, 1.82) is 0 Å². The molecule has 3 aromatic carbocycles. The minimum atomic E-state index is 0.136. The van der Waals surface area contributed by atoms with Crippen LogP contribution in [0.1, 0.15) is 0 Å². The van der Waals surface area contributed by atoms with Gasteiger partial charge in [-0.25, -0.2) is 0 Å². The van der Waals surface area contributed by atoms with Gasteiger partial charge in [-0.15, -0.1) is 0 Å². The lowest BCUT2D eigenvalue weighted by Gasteiger charge is -2.08. The van der Waals surface area contributed by atoms with Gasteiger partial charge in [-0.3, -0.25) is 0 Å². The van der Waals surface area contributed by atoms with Crippen molar-refractivity contribution in [3.8, 4) is 28.4 Å². The second-order valence-corrected chi connectivity index (χ2v) is 4.63. The zero-order valence-electron chi connectivity index (χ0n) is 11.0. The second kappa shape index (κ2) is 4.78. The lowest BCUT2D eigenvalue weighted by molar-refractivity contribution is 0.374. The van der Waals surface area contributed by atoms with Crippen LogP contribution in [0.25, 0.3) is 21.9 Å². The molecule has 20 heavy (non-hydrogen) atoms. The van der Waals surface area contributed by atoms with Gasteiger partial charge in [0.15, 0.2) is 11.5 Å². The number of benzene rings is 3. The van der Waals surface area contributed by atoms with E-state index in [-0.39, 0.29) is 11.5 Å². The molecular formula is C17H14O3. The summed E-state index contributed by atoms with van der Waals surface area (Å²) in [6.45, 7) is 0. The molecule has 0 atom stereocenters. The van der Waals surface area contributed by atoms with Crippen LogP contribution in [0.3, 0.4) is 0 Å². The Morgan fingerprint density at radius 1 is 0.750 bits per heavy atom. The van der Waals surface area contributed by atoms with Crippen LogP contribution >= 0.6 is 0 Å². The van der Waals surface area contributed by atoms with Crippen LogP contribution in [0.2, 0.25) is 0 Å². The normalized spacial score (nSPS) is 10.7. The Hall–Kier alpha value is -2.68. The van der Waals surface area contributed by atoms with Crippen LogP contribution in [-0.4, -0.2) is 17.3 Å². The van der Waals surface area contributed by atoms with Crippen molar-refractivity contribution in [1.82, 2.24) is 0 Å². The van der Waals surface area contributed by atoms with Crippen LogP contribution in [-0.2, 0) is 0 Å². The molecule has 0 radical (unpaired) electrons. The van der Waals surface area contributed by atoms with Crippen molar-refractivity contribution in [3.63, 3.8) is 0 Å². The third-order valence-corrected chi connectivity index (χ3v) is 3.34. The summed E-state index contributed by atoms with van der Waals surface area (Å²) in [4.78, 5) is 0. The molecule has 3 nitrogen and oxygen atoms in total. The average molecular weight is 266 g/mol. The predicted molar refractivity (Wildman–Crippen MR) is 79.3 cm³/mol. The highest BCUT2D eigenvalue weighted by atomic mass is 16.5. The number of aromatic hydroxyl groups is 2. The van der Waals surface area contributed by atoms with Gasteiger partial charge in [0.1, 0.15) is 5.75 Å². The predicted octanol–water partition coefficient (Wildman–Crippen LogP) is 3.93. The van der Waals surface area contributed by atoms with E-state index in [9.17, 15) is 10.2 Å². The van der Waals surface area contributed by atoms with Crippen molar-refractivity contribution in [2.24, 2.45) is 0 Å². The molecule has 0 aliphatic rings. The van der Waals surface area contributed by atoms with Crippen molar-refractivity contribution in [3.05, 3.63) is 54.6 Å². The molecular weight excluding hydrogens is 252 g/mol. The minimum Gasteiger partial charge on any atom is -0.508 e. The highest BCUT2D eigenvalue weighted by molar-refractivity contribution is 5.90. The fourth-order valence-electron chi connectivity index (χ4n) is 2.26. The number of methoxy groups -OCH3 is 1. The SMILES string of the molecule is COc1cc2cc(-c3ccc(O)cc3)ccc2cc1O. The summed E-state index contributed by atoms with van der Waals surface area (Å²) < 4.78 is 5.13. The molecule has 0 saturated heterocycles. The van der Waals surface area contributed by atoms with Gasteiger partial charge in [0.05, 0.1) is 7.11 Å². The van der Waals surface area contributed by atoms with Gasteiger partial charge in [0.25, 0.3) is 0 Å². The Bertz CT molecular complexity index is 761. The zero-order chi connectivity index (χ0) is 14.1. The molecule has 0 spiro atoms. The lowest BCUT2D eigenvalue weighted by atomic mass is 10.0. The maximum Gasteiger partial charge on any atom is 0.161 e. The molecule has 0 heterocycles. The molecule has 0 bridgehead atoms. The number of fused-ring (bicyclic) bond motifs is 1. The molecule has 0 saturated carbocycles. The lowest BCUT2D eigenvalue weighted by Crippen LogP contribution is -1.85. The van der Waals surface area contributed by atoms with Gasteiger partial charge in [-0.05, 0) is 52.2 Å². The Labute approximate surface area is 116 Å². The van der Waals surface area contributed by atoms with E-state index in [1.807, 2.05) is 36.4 Å². The first-order chi connectivity index (χ1) is 9.67. The van der Waals surface area contributed by atoms with Crippen LogP contribution < -0.4 is 4.74 Å². The van der Waals surface area contributed by atoms with E-state index in [1.54, 1.807) is 18.2 Å². The summed E-state index contributed by atoms with van der Waals surface area (Å²) in [5.41, 5.74) is 2.07. The molecule has 0 unspecified atom stereocenters. The number of ether oxygens (including phenoxy) is 1. The largest absolute Gasteiger partial charge is 0.508 e. The molecule has 0 aliphatic carbocycles. The number of hydrogen-bond acceptors (Lipinski definition) is 3. The number of phenolic OH excluding ortho intramolecular Hbond substituents is 2. The van der Waals surface area contributed by atoms with Crippen LogP contribution in [0.5, 0.6) is 17.2 Å². The first-order valence-electron chi connectivity index (χ1n) is 6.27. The van der Waals surface area contributed by atoms with Crippen LogP contribution in [0, 0.1) is 0 Å². The molecule has 2 N–H and O–H groups in total. The molecule has 0 fully saturated rings. The van der Waals surface area contributed by atoms with Gasteiger partial charge >= 0.3 is 0 Å². The number of rotatable bonds is 2. The molecule has 0 aromatic heterocycles. The fraction of sp³-hybridized carbons (Fsp3) is 0.0588. The van der Waals surface area contributed by atoms with Crippen molar-refractivity contribution in [2.75, 3.05) is 7.11 Å². The van der Waals surface area contributed by atoms with E-state index < -0.39 is 0 Å². The van der Waals surface area contributed by atoms with E-state index >= 15 is 0 Å². The molecule has 0 aliphatic heterocycles. The first kappa shape index (κ1) is 12.4. The Kier molecular flexibility index (Phi) is 2.95. The standard InChI is InChI=1S/C17H14O3/c1-20-17-10-14-8-12(2-3-13(14)9-16(17)19)11-4-6-15(18)7-5-11/h2-10,18-19H,1H3. The highest BCUT2D eigenvalue weighted by Crippen LogP contribution is 2.33. The summed E-state index contributed by atoms with van der Waals surface area (Å²) in [5, 5.41) is 21.0. The van der Waals surface area contributed by atoms with Crippen molar-refractivity contribution >= 4 is 10.8 Å². The van der Waals surface area contributed by atoms with E-state index in [0.29, 0.717) is 5.75 Å². The molecule has 0 amide bonds. The third kappa shape index (κ3) is 2.14. The summed E-state index contributed by atoms with van der Waals surface area (Å²) in [6.07, 6.45) is 0. The van der Waals surface area contributed by atoms with Crippen LogP contribution in [0.4, 0.5) is 0 Å². The Morgan fingerprint density at radius 2 is 1.45 bits per heavy atom. The maximum atomic E-state index is 9.77.